The summed E-state index contributed by atoms with van der Waals surface area (Å²) < 4.78 is 5.52. The van der Waals surface area contributed by atoms with Crippen LogP contribution in [-0.2, 0) is 13.0 Å². The van der Waals surface area contributed by atoms with Crippen LogP contribution in [0, 0.1) is 0 Å². The lowest BCUT2D eigenvalue weighted by atomic mass is 10.2. The highest BCUT2D eigenvalue weighted by Gasteiger charge is 2.03. The average Bonchev–Trinajstić information content (AvgIpc) is 2.90. The van der Waals surface area contributed by atoms with Crippen molar-refractivity contribution in [3.8, 4) is 5.75 Å². The first-order valence-electron chi connectivity index (χ1n) is 6.66. The summed E-state index contributed by atoms with van der Waals surface area (Å²) in [5.41, 5.74) is 2.52. The Morgan fingerprint density at radius 3 is 2.95 bits per heavy atom. The van der Waals surface area contributed by atoms with Crippen LogP contribution in [0.3, 0.4) is 0 Å². The van der Waals surface area contributed by atoms with E-state index in [0.717, 1.165) is 25.3 Å². The van der Waals surface area contributed by atoms with Crippen molar-refractivity contribution in [2.45, 2.75) is 19.9 Å². The zero-order valence-corrected chi connectivity index (χ0v) is 11.6. The van der Waals surface area contributed by atoms with Crippen LogP contribution in [0.5, 0.6) is 5.75 Å². The Bertz CT molecular complexity index is 482. The van der Waals surface area contributed by atoms with E-state index in [4.69, 9.17) is 4.74 Å². The summed E-state index contributed by atoms with van der Waals surface area (Å²) in [6.07, 6.45) is 4.84. The molecular weight excluding hydrogens is 238 g/mol. The Labute approximate surface area is 114 Å². The summed E-state index contributed by atoms with van der Waals surface area (Å²) >= 11 is 0. The molecule has 0 bridgehead atoms. The minimum Gasteiger partial charge on any atom is -0.494 e. The predicted octanol–water partition coefficient (Wildman–Crippen LogP) is 2.48. The molecule has 4 heteroatoms. The number of benzene rings is 1. The number of H-pyrrole nitrogens is 1. The summed E-state index contributed by atoms with van der Waals surface area (Å²) in [5, 5.41) is 6.80. The summed E-state index contributed by atoms with van der Waals surface area (Å²) in [6, 6.07) is 8.29. The molecule has 0 amide bonds. The zero-order chi connectivity index (χ0) is 13.5. The van der Waals surface area contributed by atoms with Gasteiger partial charge in [-0.15, -0.1) is 0 Å². The summed E-state index contributed by atoms with van der Waals surface area (Å²) in [4.78, 5) is 2.30. The minimum absolute atomic E-state index is 0.708. The van der Waals surface area contributed by atoms with Gasteiger partial charge in [0.05, 0.1) is 12.8 Å². The first-order valence-corrected chi connectivity index (χ1v) is 6.66. The number of likely N-dealkylation sites (N-methyl/N-ethyl adjacent to an activating group) is 1. The van der Waals surface area contributed by atoms with Crippen LogP contribution >= 0.6 is 0 Å². The van der Waals surface area contributed by atoms with Crippen molar-refractivity contribution in [2.75, 3.05) is 20.2 Å². The molecule has 19 heavy (non-hydrogen) atoms. The molecule has 0 unspecified atom stereocenters. The van der Waals surface area contributed by atoms with Gasteiger partial charge in [-0.2, -0.15) is 5.10 Å². The summed E-state index contributed by atoms with van der Waals surface area (Å²) in [6.45, 7) is 4.65. The van der Waals surface area contributed by atoms with Crippen LogP contribution in [0.15, 0.2) is 36.7 Å². The zero-order valence-electron chi connectivity index (χ0n) is 11.6. The van der Waals surface area contributed by atoms with Crippen LogP contribution in [0.2, 0.25) is 0 Å². The Morgan fingerprint density at radius 1 is 1.32 bits per heavy atom. The lowest BCUT2D eigenvalue weighted by Gasteiger charge is -2.16. The van der Waals surface area contributed by atoms with E-state index >= 15 is 0 Å². The molecule has 0 aliphatic heterocycles. The number of ether oxygens (including phenoxy) is 1. The molecule has 4 nitrogen and oxygen atoms in total. The van der Waals surface area contributed by atoms with E-state index in [1.54, 1.807) is 0 Å². The molecule has 0 spiro atoms. The highest BCUT2D eigenvalue weighted by atomic mass is 16.5. The summed E-state index contributed by atoms with van der Waals surface area (Å²) in [7, 11) is 2.13. The molecule has 0 aliphatic rings. The van der Waals surface area contributed by atoms with E-state index in [9.17, 15) is 0 Å². The number of hydrogen-bond acceptors (Lipinski definition) is 3. The highest BCUT2D eigenvalue weighted by molar-refractivity contribution is 5.28. The Morgan fingerprint density at radius 2 is 2.21 bits per heavy atom. The molecule has 0 aliphatic carbocycles. The van der Waals surface area contributed by atoms with Crippen molar-refractivity contribution in [1.82, 2.24) is 15.1 Å². The normalized spacial score (nSPS) is 10.9. The maximum atomic E-state index is 5.52. The van der Waals surface area contributed by atoms with Crippen molar-refractivity contribution < 1.29 is 4.74 Å². The molecule has 0 radical (unpaired) electrons. The molecule has 2 rings (SSSR count). The molecule has 1 aromatic heterocycles. The Hall–Kier alpha value is -1.81. The van der Waals surface area contributed by atoms with E-state index in [1.165, 1.54) is 11.1 Å². The van der Waals surface area contributed by atoms with E-state index in [2.05, 4.69) is 34.3 Å². The Kier molecular flexibility index (Phi) is 4.98. The van der Waals surface area contributed by atoms with Gasteiger partial charge in [0.15, 0.2) is 0 Å². The first-order chi connectivity index (χ1) is 9.28. The van der Waals surface area contributed by atoms with Crippen LogP contribution < -0.4 is 4.74 Å². The van der Waals surface area contributed by atoms with Gasteiger partial charge in [-0.1, -0.05) is 12.1 Å². The van der Waals surface area contributed by atoms with Crippen molar-refractivity contribution in [3.05, 3.63) is 47.8 Å². The third-order valence-corrected chi connectivity index (χ3v) is 3.00. The van der Waals surface area contributed by atoms with Crippen LogP contribution in [-0.4, -0.2) is 35.3 Å². The van der Waals surface area contributed by atoms with E-state index < -0.39 is 0 Å². The van der Waals surface area contributed by atoms with E-state index in [0.29, 0.717) is 6.61 Å². The lowest BCUT2D eigenvalue weighted by molar-refractivity contribution is 0.325. The van der Waals surface area contributed by atoms with Gasteiger partial charge in [0.2, 0.25) is 0 Å². The maximum Gasteiger partial charge on any atom is 0.119 e. The van der Waals surface area contributed by atoms with Gasteiger partial charge in [-0.05, 0) is 43.7 Å². The van der Waals surface area contributed by atoms with Crippen LogP contribution in [0.4, 0.5) is 0 Å². The van der Waals surface area contributed by atoms with Gasteiger partial charge in [0, 0.05) is 19.3 Å². The monoisotopic (exact) mass is 259 g/mol. The molecule has 0 saturated carbocycles. The third kappa shape index (κ3) is 4.41. The van der Waals surface area contributed by atoms with Gasteiger partial charge in [0.1, 0.15) is 5.75 Å². The molecule has 1 heterocycles. The second kappa shape index (κ2) is 6.95. The van der Waals surface area contributed by atoms with Gasteiger partial charge in [0.25, 0.3) is 0 Å². The van der Waals surface area contributed by atoms with E-state index in [1.807, 2.05) is 31.5 Å². The predicted molar refractivity (Wildman–Crippen MR) is 76.2 cm³/mol. The molecule has 0 atom stereocenters. The first kappa shape index (κ1) is 13.6. The smallest absolute Gasteiger partial charge is 0.119 e. The number of nitrogens with one attached hydrogen (secondary N) is 1. The fraction of sp³-hybridized carbons (Fsp3) is 0.400. The van der Waals surface area contributed by atoms with E-state index in [-0.39, 0.29) is 0 Å². The third-order valence-electron chi connectivity index (χ3n) is 3.00. The van der Waals surface area contributed by atoms with Gasteiger partial charge >= 0.3 is 0 Å². The lowest BCUT2D eigenvalue weighted by Crippen LogP contribution is -2.20. The molecule has 1 aromatic carbocycles. The molecule has 2 aromatic rings. The fourth-order valence-corrected chi connectivity index (χ4v) is 2.03. The second-order valence-corrected chi connectivity index (χ2v) is 4.67. The number of hydrogen-bond donors (Lipinski definition) is 1. The molecule has 102 valence electrons. The fourth-order valence-electron chi connectivity index (χ4n) is 2.03. The second-order valence-electron chi connectivity index (χ2n) is 4.67. The quantitative estimate of drug-likeness (QED) is 0.830. The van der Waals surface area contributed by atoms with Crippen molar-refractivity contribution in [3.63, 3.8) is 0 Å². The van der Waals surface area contributed by atoms with Crippen LogP contribution in [0.1, 0.15) is 18.1 Å². The van der Waals surface area contributed by atoms with Crippen molar-refractivity contribution in [1.29, 1.82) is 0 Å². The molecule has 0 saturated heterocycles. The van der Waals surface area contributed by atoms with Gasteiger partial charge in [-0.25, -0.2) is 0 Å². The molecular formula is C15H21N3O. The Balaban J connectivity index is 1.84. The standard InChI is InChI=1S/C15H21N3O/c1-3-19-15-6-4-5-13(9-15)12-18(2)8-7-14-10-16-17-11-14/h4-6,9-11H,3,7-8,12H2,1-2H3,(H,16,17). The van der Waals surface area contributed by atoms with Gasteiger partial charge < -0.3 is 9.64 Å². The van der Waals surface area contributed by atoms with Crippen molar-refractivity contribution in [2.24, 2.45) is 0 Å². The highest BCUT2D eigenvalue weighted by Crippen LogP contribution is 2.14. The minimum atomic E-state index is 0.708. The van der Waals surface area contributed by atoms with Gasteiger partial charge in [-0.3, -0.25) is 5.10 Å². The number of nitrogens with zero attached hydrogens (tertiary/aromatic N) is 2. The number of rotatable bonds is 7. The number of aromatic amines is 1. The van der Waals surface area contributed by atoms with Crippen LogP contribution in [0.25, 0.3) is 0 Å². The largest absolute Gasteiger partial charge is 0.494 e. The molecule has 1 N–H and O–H groups in total. The maximum absolute atomic E-state index is 5.52. The number of aromatic nitrogens is 2. The van der Waals surface area contributed by atoms with Crippen molar-refractivity contribution >= 4 is 0 Å². The topological polar surface area (TPSA) is 41.1 Å². The SMILES string of the molecule is CCOc1cccc(CN(C)CCc2cn[nH]c2)c1. The summed E-state index contributed by atoms with van der Waals surface area (Å²) in [5.74, 6) is 0.947. The average molecular weight is 259 g/mol. The molecule has 0 fully saturated rings.